The molecule has 1 atom stereocenters. The minimum Gasteiger partial charge on any atom is -0.480 e. The van der Waals surface area contributed by atoms with E-state index in [0.717, 1.165) is 11.3 Å². The number of halogens is 1. The van der Waals surface area contributed by atoms with Gasteiger partial charge in [0, 0.05) is 0 Å². The maximum Gasteiger partial charge on any atom is 0.321 e. The van der Waals surface area contributed by atoms with E-state index in [1.807, 2.05) is 0 Å². The van der Waals surface area contributed by atoms with E-state index in [1.165, 1.54) is 6.07 Å². The van der Waals surface area contributed by atoms with E-state index in [1.54, 1.807) is 13.8 Å². The van der Waals surface area contributed by atoms with Crippen LogP contribution in [0.3, 0.4) is 0 Å². The van der Waals surface area contributed by atoms with Gasteiger partial charge in [0.1, 0.15) is 10.3 Å². The van der Waals surface area contributed by atoms with Crippen molar-refractivity contribution in [1.82, 2.24) is 4.72 Å². The highest BCUT2D eigenvalue weighted by Crippen LogP contribution is 2.30. The molecule has 0 aliphatic heterocycles. The van der Waals surface area contributed by atoms with Gasteiger partial charge in [-0.25, -0.2) is 8.42 Å². The molecule has 0 saturated carbocycles. The van der Waals surface area contributed by atoms with Gasteiger partial charge in [0.05, 0.1) is 4.34 Å². The Hall–Kier alpha value is -0.630. The van der Waals surface area contributed by atoms with Crippen LogP contribution in [0.4, 0.5) is 0 Å². The number of carbonyl (C=O) groups is 1. The summed E-state index contributed by atoms with van der Waals surface area (Å²) in [5.74, 6) is -1.20. The largest absolute Gasteiger partial charge is 0.480 e. The van der Waals surface area contributed by atoms with Crippen LogP contribution in [0.15, 0.2) is 10.3 Å². The summed E-state index contributed by atoms with van der Waals surface area (Å²) in [5, 5.41) is 8.79. The van der Waals surface area contributed by atoms with Gasteiger partial charge in [0.25, 0.3) is 10.0 Å². The Kier molecular flexibility index (Phi) is 4.54. The zero-order valence-electron chi connectivity index (χ0n) is 9.23. The van der Waals surface area contributed by atoms with Gasteiger partial charge in [-0.3, -0.25) is 4.79 Å². The summed E-state index contributed by atoms with van der Waals surface area (Å²) in [6.45, 7) is 3.28. The number of nitrogens with one attached hydrogen (secondary N) is 1. The highest BCUT2D eigenvalue weighted by atomic mass is 35.5. The van der Waals surface area contributed by atoms with Gasteiger partial charge in [-0.2, -0.15) is 4.72 Å². The van der Waals surface area contributed by atoms with Crippen molar-refractivity contribution in [2.24, 2.45) is 0 Å². The topological polar surface area (TPSA) is 83.5 Å². The van der Waals surface area contributed by atoms with Crippen molar-refractivity contribution < 1.29 is 18.3 Å². The van der Waals surface area contributed by atoms with Gasteiger partial charge in [-0.05, 0) is 25.0 Å². The summed E-state index contributed by atoms with van der Waals surface area (Å²) in [4.78, 5) is 10.8. The molecule has 0 saturated heterocycles. The molecule has 0 radical (unpaired) electrons. The van der Waals surface area contributed by atoms with E-state index in [9.17, 15) is 13.2 Å². The lowest BCUT2D eigenvalue weighted by Crippen LogP contribution is -2.39. The van der Waals surface area contributed by atoms with Crippen molar-refractivity contribution in [2.45, 2.75) is 30.5 Å². The summed E-state index contributed by atoms with van der Waals surface area (Å²) >= 11 is 6.69. The lowest BCUT2D eigenvalue weighted by molar-refractivity contribution is -0.139. The Morgan fingerprint density at radius 3 is 2.59 bits per heavy atom. The van der Waals surface area contributed by atoms with E-state index in [2.05, 4.69) is 4.72 Å². The summed E-state index contributed by atoms with van der Waals surface area (Å²) in [6, 6.07) is 0.297. The highest BCUT2D eigenvalue weighted by molar-refractivity contribution is 7.91. The van der Waals surface area contributed by atoms with E-state index >= 15 is 0 Å². The SMILES string of the molecule is CC[C@@H](NS(=O)(=O)c1cc(C)c(Cl)s1)C(=O)O. The summed E-state index contributed by atoms with van der Waals surface area (Å²) in [5.41, 5.74) is 0.653. The third-order valence-corrected chi connectivity index (χ3v) is 5.60. The van der Waals surface area contributed by atoms with E-state index in [-0.39, 0.29) is 10.6 Å². The molecule has 0 aromatic carbocycles. The molecule has 0 spiro atoms. The molecule has 5 nitrogen and oxygen atoms in total. The first-order chi connectivity index (χ1) is 7.77. The molecular weight excluding hydrogens is 286 g/mol. The number of aliphatic carboxylic acids is 1. The first-order valence-corrected chi connectivity index (χ1v) is 7.46. The van der Waals surface area contributed by atoms with E-state index in [4.69, 9.17) is 16.7 Å². The molecule has 8 heteroatoms. The van der Waals surface area contributed by atoms with Crippen LogP contribution in [0.5, 0.6) is 0 Å². The summed E-state index contributed by atoms with van der Waals surface area (Å²) < 4.78 is 26.2. The van der Waals surface area contributed by atoms with Gasteiger partial charge in [-0.1, -0.05) is 18.5 Å². The molecule has 0 fully saturated rings. The smallest absolute Gasteiger partial charge is 0.321 e. The molecule has 96 valence electrons. The van der Waals surface area contributed by atoms with Crippen LogP contribution in [-0.4, -0.2) is 25.5 Å². The van der Waals surface area contributed by atoms with Gasteiger partial charge in [0.15, 0.2) is 0 Å². The zero-order valence-corrected chi connectivity index (χ0v) is 11.6. The molecule has 2 N–H and O–H groups in total. The molecular formula is C9H12ClNO4S2. The van der Waals surface area contributed by atoms with Gasteiger partial charge in [-0.15, -0.1) is 11.3 Å². The number of hydrogen-bond donors (Lipinski definition) is 2. The van der Waals surface area contributed by atoms with Gasteiger partial charge < -0.3 is 5.11 Å². The third kappa shape index (κ3) is 3.41. The number of rotatable bonds is 5. The number of aryl methyl sites for hydroxylation is 1. The normalized spacial score (nSPS) is 13.6. The van der Waals surface area contributed by atoms with E-state index in [0.29, 0.717) is 9.90 Å². The molecule has 0 aliphatic carbocycles. The molecule has 1 aromatic heterocycles. The maximum absolute atomic E-state index is 11.8. The lowest BCUT2D eigenvalue weighted by atomic mass is 10.2. The highest BCUT2D eigenvalue weighted by Gasteiger charge is 2.25. The molecule has 0 amide bonds. The summed E-state index contributed by atoms with van der Waals surface area (Å²) in [7, 11) is -3.82. The van der Waals surface area contributed by atoms with Crippen LogP contribution in [0, 0.1) is 6.92 Å². The Bertz CT molecular complexity index is 504. The van der Waals surface area contributed by atoms with Gasteiger partial charge >= 0.3 is 5.97 Å². The maximum atomic E-state index is 11.8. The van der Waals surface area contributed by atoms with Crippen LogP contribution in [0.2, 0.25) is 4.34 Å². The second kappa shape index (κ2) is 5.34. The van der Waals surface area contributed by atoms with E-state index < -0.39 is 22.0 Å². The standard InChI is InChI=1S/C9H12ClNO4S2/c1-3-6(9(12)13)11-17(14,15)7-4-5(2)8(10)16-7/h4,6,11H,3H2,1-2H3,(H,12,13)/t6-/m1/s1. The Labute approximate surface area is 108 Å². The fourth-order valence-corrected chi connectivity index (χ4v) is 4.11. The average molecular weight is 298 g/mol. The van der Waals surface area contributed by atoms with Crippen LogP contribution >= 0.6 is 22.9 Å². The van der Waals surface area contributed by atoms with Crippen molar-refractivity contribution in [3.05, 3.63) is 16.0 Å². The first-order valence-electron chi connectivity index (χ1n) is 4.79. The van der Waals surface area contributed by atoms with Crippen LogP contribution in [-0.2, 0) is 14.8 Å². The lowest BCUT2D eigenvalue weighted by Gasteiger charge is -2.11. The van der Waals surface area contributed by atoms with Gasteiger partial charge in [0.2, 0.25) is 0 Å². The molecule has 0 bridgehead atoms. The molecule has 1 aromatic rings. The second-order valence-electron chi connectivity index (χ2n) is 3.44. The fourth-order valence-electron chi connectivity index (χ4n) is 1.12. The quantitative estimate of drug-likeness (QED) is 0.869. The number of thiophene rings is 1. The fraction of sp³-hybridized carbons (Fsp3) is 0.444. The monoisotopic (exact) mass is 297 g/mol. The van der Waals surface area contributed by atoms with Crippen molar-refractivity contribution in [2.75, 3.05) is 0 Å². The van der Waals surface area contributed by atoms with Crippen LogP contribution in [0.25, 0.3) is 0 Å². The average Bonchev–Trinajstić information content (AvgIpc) is 2.56. The molecule has 1 rings (SSSR count). The number of carboxylic acid groups (broad SMARTS) is 1. The Morgan fingerprint density at radius 1 is 1.65 bits per heavy atom. The van der Waals surface area contributed by atoms with Crippen molar-refractivity contribution in [3.63, 3.8) is 0 Å². The zero-order chi connectivity index (χ0) is 13.2. The molecule has 0 aliphatic rings. The minimum absolute atomic E-state index is 0.0275. The predicted molar refractivity (Wildman–Crippen MR) is 66.1 cm³/mol. The number of sulfonamides is 1. The Balaban J connectivity index is 3.00. The van der Waals surface area contributed by atoms with Crippen molar-refractivity contribution in [3.8, 4) is 0 Å². The van der Waals surface area contributed by atoms with Crippen molar-refractivity contribution in [1.29, 1.82) is 0 Å². The summed E-state index contributed by atoms with van der Waals surface area (Å²) in [6.07, 6.45) is 0.173. The third-order valence-electron chi connectivity index (χ3n) is 2.10. The molecule has 17 heavy (non-hydrogen) atoms. The molecule has 0 unspecified atom stereocenters. The minimum atomic E-state index is -3.82. The second-order valence-corrected chi connectivity index (χ2v) is 7.04. The van der Waals surface area contributed by atoms with Crippen molar-refractivity contribution >= 4 is 38.9 Å². The Morgan fingerprint density at radius 2 is 2.24 bits per heavy atom. The van der Waals surface area contributed by atoms with Crippen LogP contribution < -0.4 is 4.72 Å². The van der Waals surface area contributed by atoms with Crippen LogP contribution in [0.1, 0.15) is 18.9 Å². The predicted octanol–water partition coefficient (Wildman–Crippen LogP) is 1.85. The number of carboxylic acids is 1. The first kappa shape index (κ1) is 14.4. The number of hydrogen-bond acceptors (Lipinski definition) is 4. The molecule has 1 heterocycles.